The third kappa shape index (κ3) is 8.61. The molecule has 5 heterocycles. The van der Waals surface area contributed by atoms with Crippen molar-refractivity contribution >= 4 is 72.3 Å². The van der Waals surface area contributed by atoms with Gasteiger partial charge in [0.2, 0.25) is 23.6 Å². The molecule has 3 N–H and O–H groups in total. The Labute approximate surface area is 356 Å². The standard InChI is InChI=1S/C43H46F2N8O6S2/c1-3-61(27-16-17-27)52-41(57)43-22-25(43)21-42(44,45)18-10-4-5-14-31(47-36(54)32-19-24(2)59-51-32)40(56)53-23-26(20-33(53)37(55)50-43)58-38-35(46-28-11-6-7-12-29(28)48-38)39-49-30-13-8-9-15-34(30)60-39/h3,6-9,11-13,15,19,25-27,31,33H,4-5,10,14,16-18,20-23H2,1-2H3,(H,47,54)(H,50,55)(H,52,57)/t25-,26-,31+,33+,43-,61?/m1/s1. The van der Waals surface area contributed by atoms with Gasteiger partial charge in [-0.1, -0.05) is 52.9 Å². The van der Waals surface area contributed by atoms with Gasteiger partial charge < -0.3 is 29.5 Å². The van der Waals surface area contributed by atoms with Crippen molar-refractivity contribution in [2.24, 2.45) is 5.92 Å². The summed E-state index contributed by atoms with van der Waals surface area (Å²) < 4.78 is 47.0. The zero-order chi connectivity index (χ0) is 42.5. The summed E-state index contributed by atoms with van der Waals surface area (Å²) in [6.07, 6.45) is 1.15. The van der Waals surface area contributed by atoms with Crippen molar-refractivity contribution in [3.63, 3.8) is 0 Å². The van der Waals surface area contributed by atoms with Gasteiger partial charge in [-0.25, -0.2) is 23.7 Å². The van der Waals surface area contributed by atoms with Crippen molar-refractivity contribution in [3.05, 3.63) is 66.1 Å². The molecule has 1 unspecified atom stereocenters. The highest BCUT2D eigenvalue weighted by atomic mass is 32.2. The highest BCUT2D eigenvalue weighted by Crippen LogP contribution is 2.52. The fourth-order valence-corrected chi connectivity index (χ4v) is 11.1. The second-order valence-corrected chi connectivity index (χ2v) is 19.6. The summed E-state index contributed by atoms with van der Waals surface area (Å²) in [5.74, 6) is -5.72. The summed E-state index contributed by atoms with van der Waals surface area (Å²) in [4.78, 5) is 73.1. The van der Waals surface area contributed by atoms with Crippen molar-refractivity contribution < 1.29 is 37.2 Å². The molecule has 0 radical (unpaired) electrons. The van der Waals surface area contributed by atoms with Crippen molar-refractivity contribution in [3.8, 4) is 16.6 Å². The van der Waals surface area contributed by atoms with Crippen LogP contribution in [0.5, 0.6) is 5.88 Å². The fraction of sp³-hybridized carbons (Fsp3) is 0.465. The van der Waals surface area contributed by atoms with Crippen molar-refractivity contribution in [2.75, 3.05) is 6.54 Å². The molecule has 4 aliphatic rings. The number of para-hydroxylation sites is 3. The van der Waals surface area contributed by atoms with Gasteiger partial charge >= 0.3 is 0 Å². The molecule has 18 heteroatoms. The molecule has 3 aromatic heterocycles. The number of fused-ring (bicyclic) bond motifs is 4. The first-order chi connectivity index (χ1) is 29.4. The number of hydrogen-bond donors (Lipinski definition) is 3. The van der Waals surface area contributed by atoms with E-state index in [4.69, 9.17) is 24.2 Å². The van der Waals surface area contributed by atoms with Gasteiger partial charge in [0.05, 0.1) is 27.8 Å². The second kappa shape index (κ2) is 16.5. The van der Waals surface area contributed by atoms with E-state index in [0.29, 0.717) is 40.3 Å². The van der Waals surface area contributed by atoms with Gasteiger partial charge in [-0.3, -0.25) is 19.2 Å². The average Bonchev–Trinajstić information content (AvgIpc) is 4.02. The van der Waals surface area contributed by atoms with Crippen LogP contribution in [0.2, 0.25) is 0 Å². The number of hydrogen-bond acceptors (Lipinski definition) is 11. The Morgan fingerprint density at radius 2 is 1.75 bits per heavy atom. The van der Waals surface area contributed by atoms with E-state index in [9.17, 15) is 19.2 Å². The Bertz CT molecular complexity index is 2530. The number of carbonyl (C=O) groups is 4. The minimum Gasteiger partial charge on any atom is -0.471 e. The van der Waals surface area contributed by atoms with E-state index < -0.39 is 82.7 Å². The first-order valence-electron chi connectivity index (χ1n) is 20.8. The summed E-state index contributed by atoms with van der Waals surface area (Å²) >= 11 is 1.43. The van der Waals surface area contributed by atoms with Crippen LogP contribution >= 0.6 is 22.0 Å². The molecule has 2 saturated carbocycles. The van der Waals surface area contributed by atoms with Crippen LogP contribution in [0, 0.1) is 12.8 Å². The summed E-state index contributed by atoms with van der Waals surface area (Å²) in [6, 6.07) is 14.1. The predicted molar refractivity (Wildman–Crippen MR) is 227 cm³/mol. The normalized spacial score (nSPS) is 26.1. The lowest BCUT2D eigenvalue weighted by Crippen LogP contribution is -2.57. The minimum absolute atomic E-state index is 0.0256. The largest absolute Gasteiger partial charge is 0.471 e. The second-order valence-electron chi connectivity index (χ2n) is 16.4. The Kier molecular flexibility index (Phi) is 11.1. The first-order valence-corrected chi connectivity index (χ1v) is 22.9. The quantitative estimate of drug-likeness (QED) is 0.146. The molecule has 4 fully saturated rings. The van der Waals surface area contributed by atoms with E-state index in [2.05, 4.69) is 20.5 Å². The maximum Gasteiger partial charge on any atom is 0.274 e. The zero-order valence-corrected chi connectivity index (χ0v) is 35.3. The van der Waals surface area contributed by atoms with Crippen LogP contribution in [-0.2, 0) is 14.4 Å². The van der Waals surface area contributed by atoms with E-state index in [1.165, 1.54) is 22.3 Å². The molecule has 320 valence electrons. The van der Waals surface area contributed by atoms with Crippen LogP contribution < -0.4 is 20.1 Å². The Balaban J connectivity index is 1.07. The Morgan fingerprint density at radius 1 is 1.00 bits per heavy atom. The fourth-order valence-electron chi connectivity index (χ4n) is 8.47. The van der Waals surface area contributed by atoms with Crippen molar-refractivity contribution in [1.29, 1.82) is 0 Å². The van der Waals surface area contributed by atoms with Crippen LogP contribution in [0.3, 0.4) is 0 Å². The van der Waals surface area contributed by atoms with Gasteiger partial charge in [0.15, 0.2) is 11.4 Å². The van der Waals surface area contributed by atoms with Crippen LogP contribution in [0.15, 0.2) is 59.1 Å². The number of nitrogens with one attached hydrogen (secondary N) is 3. The highest BCUT2D eigenvalue weighted by Gasteiger charge is 2.64. The SMILES string of the molecule is C/C=S(/NC(=O)[C@@]12C[C@H]1CC(F)(F)CCCCC[C@H](NC(=O)c1cc(C)on1)C(=O)N1C[C@H](Oc3nc4ccccc4nc3-c3nc4ccccc4s3)C[C@H]1C(=O)N2)C1CC1. The molecule has 2 aliphatic heterocycles. The Morgan fingerprint density at radius 3 is 2.48 bits per heavy atom. The molecule has 2 aliphatic carbocycles. The van der Waals surface area contributed by atoms with E-state index in [-0.39, 0.29) is 49.1 Å². The zero-order valence-electron chi connectivity index (χ0n) is 33.7. The highest BCUT2D eigenvalue weighted by molar-refractivity contribution is 8.14. The van der Waals surface area contributed by atoms with Gasteiger partial charge in [0, 0.05) is 30.6 Å². The van der Waals surface area contributed by atoms with Crippen LogP contribution in [0.25, 0.3) is 32.0 Å². The molecule has 0 bridgehead atoms. The molecule has 14 nitrogen and oxygen atoms in total. The molecule has 9 rings (SSSR count). The van der Waals surface area contributed by atoms with Crippen LogP contribution in [0.4, 0.5) is 8.78 Å². The van der Waals surface area contributed by atoms with Gasteiger partial charge in [-0.2, -0.15) is 0 Å². The third-order valence-electron chi connectivity index (χ3n) is 11.9. The van der Waals surface area contributed by atoms with E-state index in [0.717, 1.165) is 23.1 Å². The molecule has 0 spiro atoms. The number of ether oxygens (including phenoxy) is 1. The molecule has 5 aromatic rings. The molecule has 2 saturated heterocycles. The van der Waals surface area contributed by atoms with Crippen LogP contribution in [-0.4, -0.2) is 95.4 Å². The lowest BCUT2D eigenvalue weighted by atomic mass is 10.00. The van der Waals surface area contributed by atoms with Gasteiger partial charge in [0.25, 0.3) is 11.8 Å². The monoisotopic (exact) mass is 872 g/mol. The number of aryl methyl sites for hydroxylation is 1. The molecule has 4 amide bonds. The summed E-state index contributed by atoms with van der Waals surface area (Å²) in [7, 11) is -0.580. The molecule has 6 atom stereocenters. The van der Waals surface area contributed by atoms with E-state index >= 15 is 8.78 Å². The number of rotatable bonds is 8. The maximum atomic E-state index is 15.6. The number of aromatic nitrogens is 4. The summed E-state index contributed by atoms with van der Waals surface area (Å²) in [5, 5.41) is 12.3. The lowest BCUT2D eigenvalue weighted by Gasteiger charge is -2.30. The van der Waals surface area contributed by atoms with E-state index in [1.807, 2.05) is 54.8 Å². The predicted octanol–water partition coefficient (Wildman–Crippen LogP) is 6.50. The first kappa shape index (κ1) is 41.0. The molecule has 61 heavy (non-hydrogen) atoms. The number of carbonyl (C=O) groups excluding carboxylic acids is 4. The van der Waals surface area contributed by atoms with Crippen molar-refractivity contribution in [1.82, 2.24) is 40.4 Å². The van der Waals surface area contributed by atoms with Gasteiger partial charge in [-0.15, -0.1) is 11.3 Å². The number of amides is 4. The number of halogens is 2. The minimum atomic E-state index is -3.08. The number of benzene rings is 2. The Hall–Kier alpha value is -5.36. The lowest BCUT2D eigenvalue weighted by molar-refractivity contribution is -0.141. The summed E-state index contributed by atoms with van der Waals surface area (Å²) in [5.41, 5.74) is 0.744. The topological polar surface area (TPSA) is 182 Å². The maximum absolute atomic E-state index is 15.6. The van der Waals surface area contributed by atoms with Gasteiger partial charge in [0.1, 0.15) is 34.5 Å². The van der Waals surface area contributed by atoms with Gasteiger partial charge in [-0.05, 0) is 81.5 Å². The van der Waals surface area contributed by atoms with Crippen molar-refractivity contribution in [2.45, 2.75) is 113 Å². The molecular weight excluding hydrogens is 827 g/mol. The average molecular weight is 873 g/mol. The number of alkyl halides is 2. The number of nitrogens with zero attached hydrogens (tertiary/aromatic N) is 5. The molecular formula is C43H46F2N8O6S2. The number of thiazole rings is 1. The van der Waals surface area contributed by atoms with Crippen LogP contribution in [0.1, 0.15) is 87.4 Å². The third-order valence-corrected chi connectivity index (χ3v) is 15.1. The molecule has 2 aromatic carbocycles. The van der Waals surface area contributed by atoms with E-state index in [1.54, 1.807) is 13.0 Å². The smallest absolute Gasteiger partial charge is 0.274 e. The summed E-state index contributed by atoms with van der Waals surface area (Å²) in [6.45, 7) is 3.40.